The van der Waals surface area contributed by atoms with E-state index in [0.717, 1.165) is 48.1 Å². The van der Waals surface area contributed by atoms with Crippen LogP contribution in [0.4, 0.5) is 5.69 Å². The van der Waals surface area contributed by atoms with E-state index >= 15 is 0 Å². The number of rotatable bonds is 4. The van der Waals surface area contributed by atoms with Crippen molar-refractivity contribution in [3.05, 3.63) is 38.8 Å². The molecule has 2 aliphatic rings. The van der Waals surface area contributed by atoms with Crippen LogP contribution in [0.1, 0.15) is 26.2 Å². The van der Waals surface area contributed by atoms with Crippen LogP contribution in [0.2, 0.25) is 10.0 Å². The number of carbonyl (C=O) groups excluding carboxylic acids is 1. The van der Waals surface area contributed by atoms with Crippen LogP contribution in [0.15, 0.2) is 33.8 Å². The summed E-state index contributed by atoms with van der Waals surface area (Å²) in [5, 5.41) is 4.83. The van der Waals surface area contributed by atoms with Crippen LogP contribution in [-0.4, -0.2) is 29.1 Å². The summed E-state index contributed by atoms with van der Waals surface area (Å²) in [6.07, 6.45) is 2.88. The maximum absolute atomic E-state index is 12.7. The van der Waals surface area contributed by atoms with Gasteiger partial charge in [0.15, 0.2) is 5.17 Å². The molecular formula is C16H18Cl3N3OS. The van der Waals surface area contributed by atoms with Gasteiger partial charge < -0.3 is 10.2 Å². The minimum atomic E-state index is -0.131. The average molecular weight is 407 g/mol. The van der Waals surface area contributed by atoms with Gasteiger partial charge in [0.05, 0.1) is 4.91 Å². The van der Waals surface area contributed by atoms with Gasteiger partial charge in [0.2, 0.25) is 0 Å². The smallest absolute Gasteiger partial charge is 0.264 e. The summed E-state index contributed by atoms with van der Waals surface area (Å²) in [4.78, 5) is 20.1. The van der Waals surface area contributed by atoms with E-state index in [1.807, 2.05) is 0 Å². The Balaban J connectivity index is 0.00000208. The largest absolute Gasteiger partial charge is 0.323 e. The molecule has 0 aliphatic carbocycles. The van der Waals surface area contributed by atoms with Gasteiger partial charge in [-0.3, -0.25) is 9.79 Å². The summed E-state index contributed by atoms with van der Waals surface area (Å²) in [5.41, 5.74) is 1.67. The lowest BCUT2D eigenvalue weighted by atomic mass is 10.2. The zero-order chi connectivity index (χ0) is 16.4. The molecule has 8 heteroatoms. The van der Waals surface area contributed by atoms with Crippen LogP contribution >= 0.6 is 47.4 Å². The van der Waals surface area contributed by atoms with Crippen molar-refractivity contribution in [1.29, 1.82) is 0 Å². The Kier molecular flexibility index (Phi) is 6.87. The molecule has 0 saturated carbocycles. The summed E-state index contributed by atoms with van der Waals surface area (Å²) in [5.74, 6) is -0.131. The monoisotopic (exact) mass is 405 g/mol. The molecule has 130 valence electrons. The molecule has 24 heavy (non-hydrogen) atoms. The third-order valence-corrected chi connectivity index (χ3v) is 5.21. The van der Waals surface area contributed by atoms with E-state index < -0.39 is 0 Å². The summed E-state index contributed by atoms with van der Waals surface area (Å²) in [6, 6.07) is 5.02. The Morgan fingerprint density at radius 1 is 1.33 bits per heavy atom. The molecule has 0 spiro atoms. The highest BCUT2D eigenvalue weighted by Crippen LogP contribution is 2.39. The van der Waals surface area contributed by atoms with Crippen LogP contribution in [0.3, 0.4) is 0 Å². The molecule has 0 fully saturated rings. The van der Waals surface area contributed by atoms with E-state index in [2.05, 4.69) is 22.1 Å². The summed E-state index contributed by atoms with van der Waals surface area (Å²) >= 11 is 13.4. The first-order chi connectivity index (χ1) is 11.1. The number of fused-ring (bicyclic) bond motifs is 1. The minimum absolute atomic E-state index is 0. The maximum atomic E-state index is 12.7. The number of thioether (sulfide) groups is 1. The first-order valence-electron chi connectivity index (χ1n) is 7.59. The molecule has 0 bridgehead atoms. The molecule has 2 aliphatic heterocycles. The van der Waals surface area contributed by atoms with Crippen molar-refractivity contribution in [2.24, 2.45) is 4.99 Å². The summed E-state index contributed by atoms with van der Waals surface area (Å²) in [7, 11) is 0. The van der Waals surface area contributed by atoms with Crippen LogP contribution in [0.5, 0.6) is 0 Å². The van der Waals surface area contributed by atoms with Gasteiger partial charge in [0.1, 0.15) is 0 Å². The van der Waals surface area contributed by atoms with E-state index in [9.17, 15) is 4.79 Å². The van der Waals surface area contributed by atoms with Gasteiger partial charge in [-0.1, -0.05) is 36.5 Å². The number of hydrogen-bond acceptors (Lipinski definition) is 4. The van der Waals surface area contributed by atoms with E-state index in [0.29, 0.717) is 15.7 Å². The number of allylic oxidation sites excluding steroid dienone is 1. The van der Waals surface area contributed by atoms with Gasteiger partial charge in [-0.15, -0.1) is 12.4 Å². The second kappa shape index (κ2) is 8.48. The van der Waals surface area contributed by atoms with Crippen LogP contribution in [-0.2, 0) is 4.79 Å². The lowest BCUT2D eigenvalue weighted by Crippen LogP contribution is -2.29. The van der Waals surface area contributed by atoms with Crippen molar-refractivity contribution in [1.82, 2.24) is 4.90 Å². The Morgan fingerprint density at radius 3 is 2.71 bits per heavy atom. The number of amidine groups is 1. The van der Waals surface area contributed by atoms with Gasteiger partial charge in [-0.2, -0.15) is 0 Å². The standard InChI is InChI=1S/C16H17Cl2N3OS.ClH/c1-2-4-13-14(23-16-19-5-3-6-21(13)16)15(22)20-12-8-10(17)7-11(18)9-12;/h7-9H,2-6H2,1H3,(H,20,22);1H. The van der Waals surface area contributed by atoms with Gasteiger partial charge in [-0.05, 0) is 42.8 Å². The van der Waals surface area contributed by atoms with Gasteiger partial charge >= 0.3 is 0 Å². The van der Waals surface area contributed by atoms with Gasteiger partial charge in [0.25, 0.3) is 5.91 Å². The molecule has 4 nitrogen and oxygen atoms in total. The van der Waals surface area contributed by atoms with Crippen molar-refractivity contribution >= 4 is 64.1 Å². The topological polar surface area (TPSA) is 44.7 Å². The number of nitrogens with one attached hydrogen (secondary N) is 1. The molecule has 2 heterocycles. The minimum Gasteiger partial charge on any atom is -0.323 e. The number of hydrogen-bond donors (Lipinski definition) is 1. The second-order valence-corrected chi connectivity index (χ2v) is 7.26. The molecular weight excluding hydrogens is 389 g/mol. The lowest BCUT2D eigenvalue weighted by molar-refractivity contribution is -0.112. The summed E-state index contributed by atoms with van der Waals surface area (Å²) < 4.78 is 0. The third-order valence-electron chi connectivity index (χ3n) is 3.61. The number of anilines is 1. The predicted octanol–water partition coefficient (Wildman–Crippen LogP) is 5.17. The molecule has 1 aromatic rings. The van der Waals surface area contributed by atoms with Crippen molar-refractivity contribution in [3.8, 4) is 0 Å². The Labute approximate surface area is 162 Å². The Hall–Kier alpha value is -0.880. The number of amides is 1. The average Bonchev–Trinajstić information content (AvgIpc) is 2.86. The molecule has 0 unspecified atom stereocenters. The molecule has 1 N–H and O–H groups in total. The fourth-order valence-corrected chi connectivity index (χ4v) is 4.32. The van der Waals surface area contributed by atoms with E-state index in [4.69, 9.17) is 23.2 Å². The quantitative estimate of drug-likeness (QED) is 0.750. The highest BCUT2D eigenvalue weighted by atomic mass is 35.5. The molecule has 0 atom stereocenters. The number of carbonyl (C=O) groups is 1. The van der Waals surface area contributed by atoms with Crippen molar-refractivity contribution in [2.45, 2.75) is 26.2 Å². The number of halogens is 3. The van der Waals surface area contributed by atoms with Crippen molar-refractivity contribution in [2.75, 3.05) is 18.4 Å². The van der Waals surface area contributed by atoms with Crippen LogP contribution in [0.25, 0.3) is 0 Å². The zero-order valence-corrected chi connectivity index (χ0v) is 16.3. The highest BCUT2D eigenvalue weighted by Gasteiger charge is 2.33. The molecule has 0 radical (unpaired) electrons. The van der Waals surface area contributed by atoms with E-state index in [-0.39, 0.29) is 18.3 Å². The van der Waals surface area contributed by atoms with Crippen molar-refractivity contribution < 1.29 is 4.79 Å². The maximum Gasteiger partial charge on any atom is 0.264 e. The highest BCUT2D eigenvalue weighted by molar-refractivity contribution is 8.18. The molecule has 1 aromatic carbocycles. The van der Waals surface area contributed by atoms with Gasteiger partial charge in [0, 0.05) is 34.5 Å². The van der Waals surface area contributed by atoms with Gasteiger partial charge in [-0.25, -0.2) is 0 Å². The predicted molar refractivity (Wildman–Crippen MR) is 105 cm³/mol. The number of aliphatic imine (C=N–C) groups is 1. The molecule has 0 saturated heterocycles. The van der Waals surface area contributed by atoms with Crippen LogP contribution in [0, 0.1) is 0 Å². The number of nitrogens with zero attached hydrogens (tertiary/aromatic N) is 2. The SMILES string of the molecule is CCCC1=C(C(=O)Nc2cc(Cl)cc(Cl)c2)SC2=NCCCN21.Cl. The zero-order valence-electron chi connectivity index (χ0n) is 13.1. The fraction of sp³-hybridized carbons (Fsp3) is 0.375. The second-order valence-electron chi connectivity index (χ2n) is 5.41. The third kappa shape index (κ3) is 4.20. The van der Waals surface area contributed by atoms with Crippen LogP contribution < -0.4 is 5.32 Å². The fourth-order valence-electron chi connectivity index (χ4n) is 2.67. The Morgan fingerprint density at radius 2 is 2.04 bits per heavy atom. The Bertz CT molecular complexity index is 686. The molecule has 0 aromatic heterocycles. The van der Waals surface area contributed by atoms with Crippen molar-refractivity contribution in [3.63, 3.8) is 0 Å². The lowest BCUT2D eigenvalue weighted by Gasteiger charge is -2.25. The van der Waals surface area contributed by atoms with E-state index in [1.165, 1.54) is 11.8 Å². The number of benzene rings is 1. The molecule has 3 rings (SSSR count). The normalized spacial score (nSPS) is 16.5. The van der Waals surface area contributed by atoms with E-state index in [1.54, 1.807) is 18.2 Å². The summed E-state index contributed by atoms with van der Waals surface area (Å²) in [6.45, 7) is 3.88. The molecule has 1 amide bonds. The first-order valence-corrected chi connectivity index (χ1v) is 9.16. The first kappa shape index (κ1) is 19.4.